The van der Waals surface area contributed by atoms with Crippen LogP contribution in [0, 0.1) is 11.7 Å². The number of cyclic esters (lactones) is 1. The number of carbonyl (C=O) groups excluding carboxylic acids is 1. The number of aromatic nitrogens is 2. The van der Waals surface area contributed by atoms with Gasteiger partial charge in [0.2, 0.25) is 5.96 Å². The zero-order valence-electron chi connectivity index (χ0n) is 21.0. The van der Waals surface area contributed by atoms with Gasteiger partial charge in [0.25, 0.3) is 5.88 Å². The van der Waals surface area contributed by atoms with Crippen LogP contribution < -0.4 is 21.7 Å². The Morgan fingerprint density at radius 3 is 2.77 bits per heavy atom. The van der Waals surface area contributed by atoms with Gasteiger partial charge in [-0.05, 0) is 31.0 Å². The van der Waals surface area contributed by atoms with Crippen molar-refractivity contribution in [3.63, 3.8) is 0 Å². The number of benzene rings is 1. The van der Waals surface area contributed by atoms with Crippen molar-refractivity contribution in [1.29, 1.82) is 0 Å². The number of ether oxygens (including phenoxy) is 2. The molecule has 6 atom stereocenters. The summed E-state index contributed by atoms with van der Waals surface area (Å²) in [7, 11) is 1.40. The molecule has 1 aromatic carbocycles. The highest BCUT2D eigenvalue weighted by molar-refractivity contribution is 6.11. The first-order chi connectivity index (χ1) is 18.7. The third kappa shape index (κ3) is 5.10. The van der Waals surface area contributed by atoms with Crippen molar-refractivity contribution in [3.8, 4) is 17.1 Å². The Morgan fingerprint density at radius 1 is 1.26 bits per heavy atom. The molecule has 3 aliphatic rings. The maximum Gasteiger partial charge on any atom is 0.338 e. The number of carbonyl (C=O) groups is 1. The fourth-order valence-electron chi connectivity index (χ4n) is 4.85. The standard InChI is InChI=1S/C24H27FN8O6/c1-9-17-14(32-24(27)29-9)6-13(30-21(17)33-38-8-16-18(34)19(35)23(36)39-16)11-4-3-10(25)5-12(11)15-7-28-20(26)22(31-15)37-2/h3-5,7,13-14,16-19,34-35H,6,8H2,1-2H3,(H2,26,28)(H2,27,32)(H,30,33)/t13?,14-,16?,17?,18?,19?/m1/s1. The van der Waals surface area contributed by atoms with Crippen molar-refractivity contribution in [2.24, 2.45) is 26.6 Å². The summed E-state index contributed by atoms with van der Waals surface area (Å²) in [6.45, 7) is 1.52. The van der Waals surface area contributed by atoms with Crippen molar-refractivity contribution >= 4 is 29.3 Å². The zero-order valence-corrected chi connectivity index (χ0v) is 21.0. The first-order valence-corrected chi connectivity index (χ1v) is 12.0. The maximum absolute atomic E-state index is 14.4. The highest BCUT2D eigenvalue weighted by Gasteiger charge is 2.43. The summed E-state index contributed by atoms with van der Waals surface area (Å²) in [6, 6.07) is 3.33. The Kier molecular flexibility index (Phi) is 7.12. The number of nitrogens with zero attached hydrogens (tertiary/aromatic N) is 5. The number of anilines is 1. The lowest BCUT2D eigenvalue weighted by molar-refractivity contribution is -0.149. The van der Waals surface area contributed by atoms with Gasteiger partial charge in [-0.1, -0.05) is 6.07 Å². The van der Waals surface area contributed by atoms with Crippen molar-refractivity contribution < 1.29 is 33.7 Å². The molecule has 1 saturated heterocycles. The summed E-state index contributed by atoms with van der Waals surface area (Å²) in [5.41, 5.74) is 16.6. The molecule has 14 nitrogen and oxygen atoms in total. The first-order valence-electron chi connectivity index (χ1n) is 12.0. The monoisotopic (exact) mass is 542 g/mol. The highest BCUT2D eigenvalue weighted by atomic mass is 19.1. The lowest BCUT2D eigenvalue weighted by Gasteiger charge is -2.35. The second kappa shape index (κ2) is 10.5. The molecular formula is C24H27FN8O6. The van der Waals surface area contributed by atoms with E-state index in [1.165, 1.54) is 25.4 Å². The second-order valence-corrected chi connectivity index (χ2v) is 9.26. The van der Waals surface area contributed by atoms with Crippen LogP contribution in [0.1, 0.15) is 24.9 Å². The predicted octanol–water partition coefficient (Wildman–Crippen LogP) is -0.341. The largest absolute Gasteiger partial charge is 0.478 e. The summed E-state index contributed by atoms with van der Waals surface area (Å²) in [4.78, 5) is 39.2. The number of hydrogen-bond donors (Lipinski definition) is 5. The summed E-state index contributed by atoms with van der Waals surface area (Å²) in [5, 5.41) is 19.6. The predicted molar refractivity (Wildman–Crippen MR) is 136 cm³/mol. The molecule has 1 aromatic heterocycles. The maximum atomic E-state index is 14.4. The number of hydroxylamine groups is 1. The lowest BCUT2D eigenvalue weighted by Crippen LogP contribution is -2.48. The van der Waals surface area contributed by atoms with E-state index in [1.807, 2.05) is 0 Å². The van der Waals surface area contributed by atoms with E-state index in [2.05, 4.69) is 25.4 Å². The van der Waals surface area contributed by atoms with Crippen LogP contribution in [0.5, 0.6) is 5.88 Å². The molecule has 0 bridgehead atoms. The number of hydrogen-bond acceptors (Lipinski definition) is 14. The SMILES string of the molecule is COc1nc(-c2cc(F)ccc2C2C[C@H]3N=C(N)N=C(C)C3C(NOCC3OC(=O)C(O)C3O)=N2)cnc1N. The normalized spacial score (nSPS) is 28.1. The van der Waals surface area contributed by atoms with E-state index >= 15 is 0 Å². The van der Waals surface area contributed by atoms with Gasteiger partial charge in [0.05, 0.1) is 37.0 Å². The number of nitrogens with two attached hydrogens (primary N) is 2. The van der Waals surface area contributed by atoms with E-state index < -0.39 is 42.1 Å². The molecule has 4 heterocycles. The molecule has 1 fully saturated rings. The van der Waals surface area contributed by atoms with Gasteiger partial charge in [-0.15, -0.1) is 0 Å². The van der Waals surface area contributed by atoms with Crippen LogP contribution in [0.2, 0.25) is 0 Å². The van der Waals surface area contributed by atoms with E-state index in [-0.39, 0.29) is 30.3 Å². The quantitative estimate of drug-likeness (QED) is 0.235. The van der Waals surface area contributed by atoms with E-state index in [1.54, 1.807) is 13.0 Å². The molecule has 15 heteroatoms. The molecule has 3 aliphatic heterocycles. The second-order valence-electron chi connectivity index (χ2n) is 9.26. The molecule has 39 heavy (non-hydrogen) atoms. The molecule has 0 spiro atoms. The minimum atomic E-state index is -1.64. The Morgan fingerprint density at radius 2 is 2.05 bits per heavy atom. The number of halogens is 1. The summed E-state index contributed by atoms with van der Waals surface area (Å²) in [5.74, 6) is -1.16. The number of nitrogen functional groups attached to an aromatic ring is 1. The number of amidine groups is 1. The molecule has 5 rings (SSSR count). The first kappa shape index (κ1) is 26.4. The Bertz CT molecular complexity index is 1380. The summed E-state index contributed by atoms with van der Waals surface area (Å²) in [6.07, 6.45) is -2.32. The van der Waals surface area contributed by atoms with Gasteiger partial charge in [0, 0.05) is 11.3 Å². The molecule has 0 amide bonds. The zero-order chi connectivity index (χ0) is 27.8. The number of esters is 1. The molecule has 0 aliphatic carbocycles. The highest BCUT2D eigenvalue weighted by Crippen LogP contribution is 2.39. The van der Waals surface area contributed by atoms with Crippen LogP contribution in [-0.2, 0) is 14.4 Å². The fourth-order valence-corrected chi connectivity index (χ4v) is 4.85. The average Bonchev–Trinajstić information content (AvgIpc) is 3.14. The van der Waals surface area contributed by atoms with Gasteiger partial charge in [-0.25, -0.2) is 29.1 Å². The molecular weight excluding hydrogens is 515 g/mol. The number of aliphatic hydroxyl groups excluding tert-OH is 2. The molecule has 206 valence electrons. The minimum Gasteiger partial charge on any atom is -0.478 e. The number of aliphatic imine (C=N–C) groups is 3. The van der Waals surface area contributed by atoms with Gasteiger partial charge in [0.15, 0.2) is 18.0 Å². The van der Waals surface area contributed by atoms with Gasteiger partial charge in [0.1, 0.15) is 24.4 Å². The number of fused-ring (bicyclic) bond motifs is 1. The van der Waals surface area contributed by atoms with Crippen LogP contribution in [0.15, 0.2) is 39.4 Å². The Labute approximate surface area is 221 Å². The minimum absolute atomic E-state index is 0.0914. The molecule has 5 unspecified atom stereocenters. The van der Waals surface area contributed by atoms with Crippen LogP contribution in [0.4, 0.5) is 10.2 Å². The van der Waals surface area contributed by atoms with Crippen molar-refractivity contribution in [2.75, 3.05) is 19.5 Å². The van der Waals surface area contributed by atoms with E-state index in [4.69, 9.17) is 30.8 Å². The summed E-state index contributed by atoms with van der Waals surface area (Å²) >= 11 is 0. The molecule has 2 aromatic rings. The number of nitrogens with one attached hydrogen (secondary N) is 1. The van der Waals surface area contributed by atoms with Crippen molar-refractivity contribution in [1.82, 2.24) is 15.4 Å². The van der Waals surface area contributed by atoms with E-state index in [0.29, 0.717) is 34.8 Å². The Balaban J connectivity index is 1.48. The molecule has 7 N–H and O–H groups in total. The van der Waals surface area contributed by atoms with E-state index in [9.17, 15) is 19.4 Å². The fraction of sp³-hybridized carbons (Fsp3) is 0.417. The van der Waals surface area contributed by atoms with Gasteiger partial charge in [-0.3, -0.25) is 15.3 Å². The van der Waals surface area contributed by atoms with Gasteiger partial charge < -0.3 is 31.2 Å². The lowest BCUT2D eigenvalue weighted by atomic mass is 9.82. The molecule has 0 saturated carbocycles. The number of rotatable bonds is 6. The Hall–Kier alpha value is -4.21. The van der Waals surface area contributed by atoms with E-state index in [0.717, 1.165) is 0 Å². The van der Waals surface area contributed by atoms with Crippen LogP contribution in [0.25, 0.3) is 11.3 Å². The van der Waals surface area contributed by atoms with Crippen LogP contribution in [0.3, 0.4) is 0 Å². The topological polar surface area (TPSA) is 212 Å². The van der Waals surface area contributed by atoms with Gasteiger partial charge >= 0.3 is 5.97 Å². The number of aliphatic hydroxyl groups is 2. The summed E-state index contributed by atoms with van der Waals surface area (Å²) < 4.78 is 24.5. The molecule has 0 radical (unpaired) electrons. The smallest absolute Gasteiger partial charge is 0.338 e. The van der Waals surface area contributed by atoms with Gasteiger partial charge in [-0.2, -0.15) is 0 Å². The van der Waals surface area contributed by atoms with Crippen LogP contribution in [-0.4, -0.2) is 81.7 Å². The number of guanidine groups is 1. The van der Waals surface area contributed by atoms with Crippen molar-refractivity contribution in [3.05, 3.63) is 35.8 Å². The van der Waals surface area contributed by atoms with Crippen molar-refractivity contribution in [2.45, 2.75) is 43.7 Å². The van der Waals surface area contributed by atoms with Crippen LogP contribution >= 0.6 is 0 Å². The third-order valence-corrected chi connectivity index (χ3v) is 6.73. The third-order valence-electron chi connectivity index (χ3n) is 6.73. The average molecular weight is 543 g/mol. The number of methoxy groups -OCH3 is 1.